The first-order valence-electron chi connectivity index (χ1n) is 7.08. The highest BCUT2D eigenvalue weighted by Crippen LogP contribution is 2.18. The van der Waals surface area contributed by atoms with E-state index in [1.807, 2.05) is 23.1 Å². The van der Waals surface area contributed by atoms with E-state index in [1.54, 1.807) is 0 Å². The second-order valence-electron chi connectivity index (χ2n) is 5.23. The number of carbonyl (C=O) groups excluding carboxylic acids is 1. The van der Waals surface area contributed by atoms with E-state index < -0.39 is 0 Å². The van der Waals surface area contributed by atoms with Gasteiger partial charge in [-0.15, -0.1) is 0 Å². The average Bonchev–Trinajstić information content (AvgIpc) is 2.95. The highest BCUT2D eigenvalue weighted by atomic mass is 16.2. The van der Waals surface area contributed by atoms with Gasteiger partial charge in [-0.1, -0.05) is 30.3 Å². The second kappa shape index (κ2) is 5.96. The zero-order valence-corrected chi connectivity index (χ0v) is 11.4. The van der Waals surface area contributed by atoms with E-state index in [0.717, 1.165) is 19.5 Å². The number of fused-ring (bicyclic) bond motifs is 1. The van der Waals surface area contributed by atoms with Gasteiger partial charge in [0.2, 0.25) is 0 Å². The summed E-state index contributed by atoms with van der Waals surface area (Å²) in [6.07, 6.45) is 2.96. The van der Waals surface area contributed by atoms with Crippen LogP contribution >= 0.6 is 0 Å². The van der Waals surface area contributed by atoms with E-state index in [9.17, 15) is 4.79 Å². The summed E-state index contributed by atoms with van der Waals surface area (Å²) in [5.74, 6) is 0.406. The molecule has 0 radical (unpaired) electrons. The van der Waals surface area contributed by atoms with Gasteiger partial charge in [0.05, 0.1) is 0 Å². The lowest BCUT2D eigenvalue weighted by Gasteiger charge is -2.28. The van der Waals surface area contributed by atoms with Gasteiger partial charge in [0.25, 0.3) is 0 Å². The van der Waals surface area contributed by atoms with E-state index in [2.05, 4.69) is 34.4 Å². The van der Waals surface area contributed by atoms with Gasteiger partial charge in [0, 0.05) is 37.8 Å². The fraction of sp³-hybridized carbons (Fsp3) is 0.400. The molecule has 1 saturated heterocycles. The molecule has 0 spiro atoms. The molecule has 1 unspecified atom stereocenters. The molecule has 1 aromatic rings. The normalized spacial score (nSPS) is 20.9. The zero-order valence-electron chi connectivity index (χ0n) is 11.4. The van der Waals surface area contributed by atoms with E-state index in [4.69, 9.17) is 0 Å². The number of nitrogens with zero attached hydrogens (tertiary/aromatic N) is 1. The molecule has 3 rings (SSSR count). The van der Waals surface area contributed by atoms with Gasteiger partial charge < -0.3 is 15.6 Å². The van der Waals surface area contributed by atoms with Gasteiger partial charge in [0.15, 0.2) is 0 Å². The standard InChI is InChI=1S/C15H20N4O/c20-15(16-8-6-12-4-2-1-3-5-12)19-9-7-14-13(11-19)10-17-18-14/h1-5,7,13,17-18H,6,8-11H2,(H,16,20). The number of carbonyl (C=O) groups is 1. The van der Waals surface area contributed by atoms with Crippen molar-refractivity contribution in [2.75, 3.05) is 26.2 Å². The Balaban J connectivity index is 1.46. The molecule has 2 aliphatic heterocycles. The van der Waals surface area contributed by atoms with E-state index in [0.29, 0.717) is 19.0 Å². The molecule has 0 bridgehead atoms. The van der Waals surface area contributed by atoms with Crippen molar-refractivity contribution in [3.8, 4) is 0 Å². The van der Waals surface area contributed by atoms with Crippen LogP contribution in [0.2, 0.25) is 0 Å². The monoisotopic (exact) mass is 272 g/mol. The van der Waals surface area contributed by atoms with Crippen LogP contribution in [-0.4, -0.2) is 37.1 Å². The Hall–Kier alpha value is -2.01. The molecule has 0 saturated carbocycles. The molecule has 106 valence electrons. The summed E-state index contributed by atoms with van der Waals surface area (Å²) in [5.41, 5.74) is 8.72. The van der Waals surface area contributed by atoms with Gasteiger partial charge in [-0.05, 0) is 18.1 Å². The molecule has 1 aromatic carbocycles. The fourth-order valence-electron chi connectivity index (χ4n) is 2.65. The molecule has 2 amide bonds. The minimum Gasteiger partial charge on any atom is -0.338 e. The zero-order chi connectivity index (χ0) is 13.8. The maximum Gasteiger partial charge on any atom is 0.317 e. The van der Waals surface area contributed by atoms with Gasteiger partial charge in [-0.25, -0.2) is 10.2 Å². The predicted octanol–water partition coefficient (Wildman–Crippen LogP) is 0.862. The van der Waals surface area contributed by atoms with Gasteiger partial charge >= 0.3 is 6.03 Å². The number of amides is 2. The molecule has 1 atom stereocenters. The second-order valence-corrected chi connectivity index (χ2v) is 5.23. The number of benzene rings is 1. The molecule has 5 nitrogen and oxygen atoms in total. The van der Waals surface area contributed by atoms with Crippen LogP contribution in [0.25, 0.3) is 0 Å². The number of urea groups is 1. The lowest BCUT2D eigenvalue weighted by atomic mass is 10.0. The molecule has 20 heavy (non-hydrogen) atoms. The summed E-state index contributed by atoms with van der Waals surface area (Å²) in [4.78, 5) is 14.0. The van der Waals surface area contributed by atoms with Crippen LogP contribution in [0.4, 0.5) is 4.79 Å². The average molecular weight is 272 g/mol. The van der Waals surface area contributed by atoms with E-state index in [1.165, 1.54) is 11.3 Å². The number of nitrogens with one attached hydrogen (secondary N) is 3. The minimum absolute atomic E-state index is 0.0307. The third kappa shape index (κ3) is 2.93. The third-order valence-electron chi connectivity index (χ3n) is 3.81. The van der Waals surface area contributed by atoms with Crippen molar-refractivity contribution in [1.82, 2.24) is 21.1 Å². The SMILES string of the molecule is O=C(NCCc1ccccc1)N1CC=C2NNCC2C1. The topological polar surface area (TPSA) is 56.4 Å². The largest absolute Gasteiger partial charge is 0.338 e. The molecule has 2 heterocycles. The first-order chi connectivity index (χ1) is 9.83. The summed E-state index contributed by atoms with van der Waals surface area (Å²) in [6.45, 7) is 3.03. The van der Waals surface area contributed by atoms with Crippen molar-refractivity contribution in [3.63, 3.8) is 0 Å². The number of hydrogen-bond acceptors (Lipinski definition) is 3. The molecule has 2 aliphatic rings. The van der Waals surface area contributed by atoms with Crippen molar-refractivity contribution in [1.29, 1.82) is 0 Å². The smallest absolute Gasteiger partial charge is 0.317 e. The van der Waals surface area contributed by atoms with Crippen molar-refractivity contribution in [2.45, 2.75) is 6.42 Å². The number of hydrazine groups is 1. The summed E-state index contributed by atoms with van der Waals surface area (Å²) in [7, 11) is 0. The quantitative estimate of drug-likeness (QED) is 0.765. The first-order valence-corrected chi connectivity index (χ1v) is 7.08. The highest BCUT2D eigenvalue weighted by molar-refractivity contribution is 5.74. The van der Waals surface area contributed by atoms with Crippen molar-refractivity contribution in [2.24, 2.45) is 5.92 Å². The van der Waals surface area contributed by atoms with Crippen LogP contribution < -0.4 is 16.2 Å². The van der Waals surface area contributed by atoms with Gasteiger partial charge in [0.1, 0.15) is 0 Å². The van der Waals surface area contributed by atoms with Gasteiger partial charge in [-0.2, -0.15) is 0 Å². The molecule has 0 aromatic heterocycles. The molecular formula is C15H20N4O. The van der Waals surface area contributed by atoms with Crippen molar-refractivity contribution >= 4 is 6.03 Å². The Kier molecular flexibility index (Phi) is 3.87. The molecule has 1 fully saturated rings. The Morgan fingerprint density at radius 1 is 1.35 bits per heavy atom. The Labute approximate surface area is 119 Å². The molecular weight excluding hydrogens is 252 g/mol. The minimum atomic E-state index is 0.0307. The number of hydrogen-bond donors (Lipinski definition) is 3. The Morgan fingerprint density at radius 3 is 3.05 bits per heavy atom. The number of rotatable bonds is 3. The molecule has 5 heteroatoms. The Morgan fingerprint density at radius 2 is 2.20 bits per heavy atom. The van der Waals surface area contributed by atoms with Crippen LogP contribution in [-0.2, 0) is 6.42 Å². The maximum atomic E-state index is 12.1. The summed E-state index contributed by atoms with van der Waals surface area (Å²) in [5, 5.41) is 3.00. The summed E-state index contributed by atoms with van der Waals surface area (Å²) >= 11 is 0. The van der Waals surface area contributed by atoms with Crippen LogP contribution in [0.15, 0.2) is 42.1 Å². The van der Waals surface area contributed by atoms with Crippen LogP contribution in [0, 0.1) is 5.92 Å². The lowest BCUT2D eigenvalue weighted by molar-refractivity contribution is 0.195. The van der Waals surface area contributed by atoms with E-state index in [-0.39, 0.29) is 6.03 Å². The summed E-state index contributed by atoms with van der Waals surface area (Å²) < 4.78 is 0. The van der Waals surface area contributed by atoms with Crippen molar-refractivity contribution < 1.29 is 4.79 Å². The van der Waals surface area contributed by atoms with E-state index >= 15 is 0 Å². The summed E-state index contributed by atoms with van der Waals surface area (Å²) in [6, 6.07) is 10.2. The van der Waals surface area contributed by atoms with Crippen LogP contribution in [0.3, 0.4) is 0 Å². The maximum absolute atomic E-state index is 12.1. The predicted molar refractivity (Wildman–Crippen MR) is 77.8 cm³/mol. The third-order valence-corrected chi connectivity index (χ3v) is 3.81. The first kappa shape index (κ1) is 13.0. The van der Waals surface area contributed by atoms with Crippen molar-refractivity contribution in [3.05, 3.63) is 47.7 Å². The highest BCUT2D eigenvalue weighted by Gasteiger charge is 2.28. The van der Waals surface area contributed by atoms with Gasteiger partial charge in [-0.3, -0.25) is 0 Å². The molecule has 0 aliphatic carbocycles. The Bertz CT molecular complexity index is 500. The van der Waals surface area contributed by atoms with Crippen LogP contribution in [0.5, 0.6) is 0 Å². The van der Waals surface area contributed by atoms with Crippen LogP contribution in [0.1, 0.15) is 5.56 Å². The fourth-order valence-corrected chi connectivity index (χ4v) is 2.65. The molecule has 3 N–H and O–H groups in total. The lowest BCUT2D eigenvalue weighted by Crippen LogP contribution is -2.45.